The van der Waals surface area contributed by atoms with Crippen molar-refractivity contribution in [2.24, 2.45) is 5.92 Å². The van der Waals surface area contributed by atoms with Crippen molar-refractivity contribution in [1.82, 2.24) is 19.7 Å². The summed E-state index contributed by atoms with van der Waals surface area (Å²) in [5.74, 6) is 0.442. The standard InChI is InChI=1S/C21H25ClN4O3S/c1-3-11-26-19(15-7-9-17(22)10-8-15)23-24-21(26)30-14-18(27)25-12-5-6-16(13-25)20(28)29-4-2/h3,7-10,16H,1,4-6,11-14H2,2H3. The van der Waals surface area contributed by atoms with Crippen LogP contribution in [0.25, 0.3) is 11.4 Å². The second kappa shape index (κ2) is 10.6. The van der Waals surface area contributed by atoms with Gasteiger partial charge in [0.15, 0.2) is 11.0 Å². The van der Waals surface area contributed by atoms with Crippen molar-refractivity contribution in [2.75, 3.05) is 25.4 Å². The highest BCUT2D eigenvalue weighted by molar-refractivity contribution is 7.99. The second-order valence-corrected chi connectivity index (χ2v) is 8.31. The van der Waals surface area contributed by atoms with Crippen molar-refractivity contribution in [2.45, 2.75) is 31.5 Å². The largest absolute Gasteiger partial charge is 0.466 e. The van der Waals surface area contributed by atoms with Gasteiger partial charge in [-0.1, -0.05) is 29.4 Å². The van der Waals surface area contributed by atoms with Crippen LogP contribution < -0.4 is 0 Å². The number of hydrogen-bond acceptors (Lipinski definition) is 6. The highest BCUT2D eigenvalue weighted by atomic mass is 35.5. The van der Waals surface area contributed by atoms with Gasteiger partial charge in [0.05, 0.1) is 18.3 Å². The minimum Gasteiger partial charge on any atom is -0.466 e. The number of amides is 1. The smallest absolute Gasteiger partial charge is 0.310 e. The van der Waals surface area contributed by atoms with Gasteiger partial charge in [0.2, 0.25) is 5.91 Å². The van der Waals surface area contributed by atoms with Crippen molar-refractivity contribution in [3.8, 4) is 11.4 Å². The molecule has 1 amide bonds. The molecule has 0 bridgehead atoms. The molecule has 9 heteroatoms. The lowest BCUT2D eigenvalue weighted by atomic mass is 9.98. The predicted molar refractivity (Wildman–Crippen MR) is 117 cm³/mol. The van der Waals surface area contributed by atoms with Crippen LogP contribution in [0.4, 0.5) is 0 Å². The number of benzene rings is 1. The Hall–Kier alpha value is -2.32. The van der Waals surface area contributed by atoms with Gasteiger partial charge in [-0.25, -0.2) is 0 Å². The summed E-state index contributed by atoms with van der Waals surface area (Å²) >= 11 is 7.31. The molecule has 1 aromatic carbocycles. The number of likely N-dealkylation sites (tertiary alicyclic amines) is 1. The van der Waals surface area contributed by atoms with Crippen molar-refractivity contribution >= 4 is 35.2 Å². The second-order valence-electron chi connectivity index (χ2n) is 6.93. The van der Waals surface area contributed by atoms with Gasteiger partial charge >= 0.3 is 5.97 Å². The molecule has 2 aromatic rings. The highest BCUT2D eigenvalue weighted by Crippen LogP contribution is 2.26. The summed E-state index contributed by atoms with van der Waals surface area (Å²) in [7, 11) is 0. The Bertz CT molecular complexity index is 900. The van der Waals surface area contributed by atoms with E-state index in [1.54, 1.807) is 30.0 Å². The minimum absolute atomic E-state index is 0.0183. The zero-order valence-corrected chi connectivity index (χ0v) is 18.5. The lowest BCUT2D eigenvalue weighted by Gasteiger charge is -2.31. The Morgan fingerprint density at radius 1 is 1.33 bits per heavy atom. The molecular formula is C21H25ClN4O3S. The Labute approximate surface area is 185 Å². The zero-order chi connectivity index (χ0) is 21.5. The summed E-state index contributed by atoms with van der Waals surface area (Å²) in [5.41, 5.74) is 0.889. The zero-order valence-electron chi connectivity index (χ0n) is 16.9. The number of thioether (sulfide) groups is 1. The first-order valence-corrected chi connectivity index (χ1v) is 11.3. The normalized spacial score (nSPS) is 16.3. The number of aromatic nitrogens is 3. The van der Waals surface area contributed by atoms with Crippen molar-refractivity contribution in [3.05, 3.63) is 41.9 Å². The van der Waals surface area contributed by atoms with Crippen LogP contribution >= 0.6 is 23.4 Å². The van der Waals surface area contributed by atoms with Gasteiger partial charge in [0.25, 0.3) is 0 Å². The van der Waals surface area contributed by atoms with Crippen LogP contribution in [0.2, 0.25) is 5.02 Å². The van der Waals surface area contributed by atoms with Crippen LogP contribution in [0.15, 0.2) is 42.1 Å². The summed E-state index contributed by atoms with van der Waals surface area (Å²) in [6, 6.07) is 7.37. The van der Waals surface area contributed by atoms with Crippen LogP contribution in [-0.2, 0) is 20.9 Å². The number of nitrogens with zero attached hydrogens (tertiary/aromatic N) is 4. The van der Waals surface area contributed by atoms with Gasteiger partial charge < -0.3 is 9.64 Å². The van der Waals surface area contributed by atoms with Crippen LogP contribution in [0.5, 0.6) is 0 Å². The molecule has 2 heterocycles. The summed E-state index contributed by atoms with van der Waals surface area (Å²) < 4.78 is 7.03. The fourth-order valence-electron chi connectivity index (χ4n) is 3.38. The SMILES string of the molecule is C=CCn1c(SCC(=O)N2CCCC(C(=O)OCC)C2)nnc1-c1ccc(Cl)cc1. The quantitative estimate of drug-likeness (QED) is 0.348. The fourth-order valence-corrected chi connectivity index (χ4v) is 4.35. The van der Waals surface area contributed by atoms with Gasteiger partial charge in [-0.2, -0.15) is 0 Å². The number of esters is 1. The molecule has 0 N–H and O–H groups in total. The van der Waals surface area contributed by atoms with Gasteiger partial charge in [-0.15, -0.1) is 16.8 Å². The number of carbonyl (C=O) groups is 2. The molecule has 1 aliphatic heterocycles. The van der Waals surface area contributed by atoms with E-state index in [0.717, 1.165) is 18.4 Å². The molecular weight excluding hydrogens is 424 g/mol. The third-order valence-corrected chi connectivity index (χ3v) is 6.05. The molecule has 1 aliphatic rings. The van der Waals surface area contributed by atoms with E-state index in [-0.39, 0.29) is 23.5 Å². The van der Waals surface area contributed by atoms with Crippen LogP contribution in [0.3, 0.4) is 0 Å². The average molecular weight is 449 g/mol. The van der Waals surface area contributed by atoms with Crippen molar-refractivity contribution in [1.29, 1.82) is 0 Å². The van der Waals surface area contributed by atoms with E-state index in [2.05, 4.69) is 16.8 Å². The highest BCUT2D eigenvalue weighted by Gasteiger charge is 2.29. The van der Waals surface area contributed by atoms with Gasteiger partial charge in [-0.3, -0.25) is 14.2 Å². The average Bonchev–Trinajstić information content (AvgIpc) is 3.15. The molecule has 0 spiro atoms. The molecule has 0 radical (unpaired) electrons. The Morgan fingerprint density at radius 3 is 2.80 bits per heavy atom. The maximum absolute atomic E-state index is 12.7. The maximum atomic E-state index is 12.7. The first-order valence-electron chi connectivity index (χ1n) is 9.90. The van der Waals surface area contributed by atoms with Gasteiger partial charge in [0.1, 0.15) is 0 Å². The number of hydrogen-bond donors (Lipinski definition) is 0. The third kappa shape index (κ3) is 5.43. The Morgan fingerprint density at radius 2 is 2.10 bits per heavy atom. The third-order valence-electron chi connectivity index (χ3n) is 4.85. The minimum atomic E-state index is -0.242. The van der Waals surface area contributed by atoms with Crippen LogP contribution in [0, 0.1) is 5.92 Å². The lowest BCUT2D eigenvalue weighted by molar-refractivity contribution is -0.151. The molecule has 1 unspecified atom stereocenters. The molecule has 0 saturated carbocycles. The fraction of sp³-hybridized carbons (Fsp3) is 0.429. The van der Waals surface area contributed by atoms with Crippen LogP contribution in [0.1, 0.15) is 19.8 Å². The number of halogens is 1. The molecule has 7 nitrogen and oxygen atoms in total. The van der Waals surface area contributed by atoms with E-state index in [9.17, 15) is 9.59 Å². The molecule has 30 heavy (non-hydrogen) atoms. The summed E-state index contributed by atoms with van der Waals surface area (Å²) in [5, 5.41) is 9.86. The summed E-state index contributed by atoms with van der Waals surface area (Å²) in [4.78, 5) is 26.5. The van der Waals surface area contributed by atoms with E-state index in [1.807, 2.05) is 16.7 Å². The monoisotopic (exact) mass is 448 g/mol. The molecule has 1 aromatic heterocycles. The molecule has 1 atom stereocenters. The van der Waals surface area contributed by atoms with Gasteiger partial charge in [-0.05, 0) is 44.0 Å². The number of carbonyl (C=O) groups excluding carboxylic acids is 2. The number of allylic oxidation sites excluding steroid dienone is 1. The summed E-state index contributed by atoms with van der Waals surface area (Å²) in [6.45, 7) is 7.54. The predicted octanol–water partition coefficient (Wildman–Crippen LogP) is 3.68. The maximum Gasteiger partial charge on any atom is 0.310 e. The summed E-state index contributed by atoms with van der Waals surface area (Å²) in [6.07, 6.45) is 3.32. The van der Waals surface area contributed by atoms with Gasteiger partial charge in [0, 0.05) is 30.2 Å². The lowest BCUT2D eigenvalue weighted by Crippen LogP contribution is -2.43. The molecule has 160 valence electrons. The number of rotatable bonds is 8. The van der Waals surface area contributed by atoms with Crippen LogP contribution in [-0.4, -0.2) is 57.0 Å². The van der Waals surface area contributed by atoms with Crippen molar-refractivity contribution < 1.29 is 14.3 Å². The van der Waals surface area contributed by atoms with E-state index in [0.29, 0.717) is 42.2 Å². The topological polar surface area (TPSA) is 77.3 Å². The molecule has 1 fully saturated rings. The Kier molecular flexibility index (Phi) is 7.93. The molecule has 0 aliphatic carbocycles. The Balaban J connectivity index is 1.66. The van der Waals surface area contributed by atoms with E-state index in [4.69, 9.17) is 16.3 Å². The molecule has 1 saturated heterocycles. The van der Waals surface area contributed by atoms with E-state index >= 15 is 0 Å². The first-order chi connectivity index (χ1) is 14.5. The van der Waals surface area contributed by atoms with E-state index < -0.39 is 0 Å². The first kappa shape index (κ1) is 22.4. The van der Waals surface area contributed by atoms with Crippen molar-refractivity contribution in [3.63, 3.8) is 0 Å². The number of piperidine rings is 1. The number of ether oxygens (including phenoxy) is 1. The van der Waals surface area contributed by atoms with E-state index in [1.165, 1.54) is 11.8 Å². The molecule has 3 rings (SSSR count).